The van der Waals surface area contributed by atoms with Crippen LogP contribution in [0.25, 0.3) is 0 Å². The highest BCUT2D eigenvalue weighted by Crippen LogP contribution is 2.28. The summed E-state index contributed by atoms with van der Waals surface area (Å²) in [6.07, 6.45) is 5.63. The fourth-order valence-electron chi connectivity index (χ4n) is 2.61. The second-order valence-corrected chi connectivity index (χ2v) is 6.02. The zero-order valence-corrected chi connectivity index (χ0v) is 13.6. The third kappa shape index (κ3) is 3.37. The number of nitro benzene ring substituents is 1. The van der Waals surface area contributed by atoms with Crippen LogP contribution in [0.4, 0.5) is 17.3 Å². The standard InChI is InChI=1S/C15H17N5O2S/c1-23-12-10-16-15(17-11-12)19-8-6-18(7-9-19)13-4-2-3-5-14(13)20(21)22/h2-5,10-11H,6-9H2,1H3. The molecule has 1 aromatic heterocycles. The number of nitrogens with zero attached hydrogens (tertiary/aromatic N) is 5. The lowest BCUT2D eigenvalue weighted by atomic mass is 10.2. The summed E-state index contributed by atoms with van der Waals surface area (Å²) in [5.41, 5.74) is 0.831. The molecule has 1 aromatic carbocycles. The zero-order chi connectivity index (χ0) is 16.2. The van der Waals surface area contributed by atoms with Gasteiger partial charge in [-0.15, -0.1) is 11.8 Å². The van der Waals surface area contributed by atoms with Gasteiger partial charge in [-0.25, -0.2) is 9.97 Å². The van der Waals surface area contributed by atoms with Gasteiger partial charge in [0.05, 0.1) is 4.92 Å². The fourth-order valence-corrected chi connectivity index (χ4v) is 2.93. The van der Waals surface area contributed by atoms with Crippen LogP contribution in [0.15, 0.2) is 41.6 Å². The number of hydrogen-bond donors (Lipinski definition) is 0. The van der Waals surface area contributed by atoms with Crippen molar-refractivity contribution >= 4 is 29.1 Å². The maximum absolute atomic E-state index is 11.2. The summed E-state index contributed by atoms with van der Waals surface area (Å²) in [6, 6.07) is 6.88. The lowest BCUT2D eigenvalue weighted by Gasteiger charge is -2.35. The van der Waals surface area contributed by atoms with Gasteiger partial charge in [0.1, 0.15) is 5.69 Å². The third-order valence-corrected chi connectivity index (χ3v) is 4.51. The Hall–Kier alpha value is -2.35. The molecule has 0 unspecified atom stereocenters. The Morgan fingerprint density at radius 3 is 2.30 bits per heavy atom. The first-order valence-electron chi connectivity index (χ1n) is 7.28. The molecule has 8 heteroatoms. The maximum Gasteiger partial charge on any atom is 0.292 e. The van der Waals surface area contributed by atoms with E-state index in [1.165, 1.54) is 0 Å². The molecule has 0 saturated carbocycles. The monoisotopic (exact) mass is 331 g/mol. The number of para-hydroxylation sites is 2. The van der Waals surface area contributed by atoms with Crippen molar-refractivity contribution in [2.45, 2.75) is 4.90 Å². The lowest BCUT2D eigenvalue weighted by Crippen LogP contribution is -2.47. The normalized spacial score (nSPS) is 14.8. The molecule has 0 aliphatic carbocycles. The van der Waals surface area contributed by atoms with E-state index in [4.69, 9.17) is 0 Å². The number of thioether (sulfide) groups is 1. The molecule has 7 nitrogen and oxygen atoms in total. The molecule has 0 amide bonds. The SMILES string of the molecule is CSc1cnc(N2CCN(c3ccccc3[N+](=O)[O-])CC2)nc1. The largest absolute Gasteiger partial charge is 0.362 e. The molecule has 2 aromatic rings. The molecule has 23 heavy (non-hydrogen) atoms. The van der Waals surface area contributed by atoms with Gasteiger partial charge in [-0.3, -0.25) is 10.1 Å². The summed E-state index contributed by atoms with van der Waals surface area (Å²) >= 11 is 1.61. The van der Waals surface area contributed by atoms with E-state index in [1.54, 1.807) is 30.0 Å². The first kappa shape index (κ1) is 15.5. The highest BCUT2D eigenvalue weighted by Gasteiger charge is 2.24. The van der Waals surface area contributed by atoms with Crippen LogP contribution in [0.5, 0.6) is 0 Å². The number of nitro groups is 1. The predicted octanol–water partition coefficient (Wildman–Crippen LogP) is 2.43. The number of benzene rings is 1. The van der Waals surface area contributed by atoms with E-state index < -0.39 is 0 Å². The molecule has 1 fully saturated rings. The average Bonchev–Trinajstić information content (AvgIpc) is 2.62. The molecule has 0 atom stereocenters. The minimum atomic E-state index is -0.327. The van der Waals surface area contributed by atoms with Crippen molar-refractivity contribution in [2.75, 3.05) is 42.2 Å². The van der Waals surface area contributed by atoms with Gasteiger partial charge in [-0.05, 0) is 12.3 Å². The number of anilines is 2. The molecule has 1 saturated heterocycles. The molecule has 0 radical (unpaired) electrons. The van der Waals surface area contributed by atoms with Crippen molar-refractivity contribution in [3.05, 3.63) is 46.8 Å². The van der Waals surface area contributed by atoms with Gasteiger partial charge in [-0.2, -0.15) is 0 Å². The van der Waals surface area contributed by atoms with Crippen molar-refractivity contribution in [3.63, 3.8) is 0 Å². The third-order valence-electron chi connectivity index (χ3n) is 3.83. The number of rotatable bonds is 4. The van der Waals surface area contributed by atoms with Crippen molar-refractivity contribution in [3.8, 4) is 0 Å². The summed E-state index contributed by atoms with van der Waals surface area (Å²) in [5, 5.41) is 11.2. The van der Waals surface area contributed by atoms with Crippen LogP contribution >= 0.6 is 11.8 Å². The van der Waals surface area contributed by atoms with Gasteiger partial charge >= 0.3 is 0 Å². The highest BCUT2D eigenvalue weighted by atomic mass is 32.2. The second-order valence-electron chi connectivity index (χ2n) is 5.14. The molecule has 2 heterocycles. The fraction of sp³-hybridized carbons (Fsp3) is 0.333. The van der Waals surface area contributed by atoms with Crippen LogP contribution in [0.2, 0.25) is 0 Å². The summed E-state index contributed by atoms with van der Waals surface area (Å²) < 4.78 is 0. The van der Waals surface area contributed by atoms with E-state index in [2.05, 4.69) is 14.9 Å². The van der Waals surface area contributed by atoms with E-state index in [9.17, 15) is 10.1 Å². The highest BCUT2D eigenvalue weighted by molar-refractivity contribution is 7.98. The Morgan fingerprint density at radius 1 is 1.09 bits per heavy atom. The quantitative estimate of drug-likeness (QED) is 0.484. The van der Waals surface area contributed by atoms with E-state index in [0.717, 1.165) is 18.0 Å². The van der Waals surface area contributed by atoms with Crippen LogP contribution in [-0.2, 0) is 0 Å². The molecular weight excluding hydrogens is 314 g/mol. The van der Waals surface area contributed by atoms with E-state index in [0.29, 0.717) is 24.7 Å². The van der Waals surface area contributed by atoms with Crippen LogP contribution in [0, 0.1) is 10.1 Å². The molecule has 0 bridgehead atoms. The Labute approximate surface area is 138 Å². The van der Waals surface area contributed by atoms with E-state index >= 15 is 0 Å². The van der Waals surface area contributed by atoms with Gasteiger partial charge in [0.25, 0.3) is 5.69 Å². The first-order chi connectivity index (χ1) is 11.2. The van der Waals surface area contributed by atoms with Crippen LogP contribution in [0.1, 0.15) is 0 Å². The molecule has 120 valence electrons. The predicted molar refractivity (Wildman–Crippen MR) is 91.3 cm³/mol. The van der Waals surface area contributed by atoms with E-state index in [-0.39, 0.29) is 10.6 Å². The number of hydrogen-bond acceptors (Lipinski definition) is 7. The van der Waals surface area contributed by atoms with Crippen molar-refractivity contribution < 1.29 is 4.92 Å². The van der Waals surface area contributed by atoms with Gasteiger partial charge in [-0.1, -0.05) is 12.1 Å². The first-order valence-corrected chi connectivity index (χ1v) is 8.51. The number of piperazine rings is 1. The molecule has 0 spiro atoms. The average molecular weight is 331 g/mol. The van der Waals surface area contributed by atoms with Crippen LogP contribution < -0.4 is 9.80 Å². The Kier molecular flexibility index (Phi) is 4.61. The van der Waals surface area contributed by atoms with Gasteiger partial charge in [0, 0.05) is 49.5 Å². The zero-order valence-electron chi connectivity index (χ0n) is 12.8. The second kappa shape index (κ2) is 6.82. The lowest BCUT2D eigenvalue weighted by molar-refractivity contribution is -0.384. The Balaban J connectivity index is 1.70. The summed E-state index contributed by atoms with van der Waals surface area (Å²) in [6.45, 7) is 2.90. The molecule has 3 rings (SSSR count). The van der Waals surface area contributed by atoms with Gasteiger partial charge in [0.15, 0.2) is 0 Å². The van der Waals surface area contributed by atoms with Gasteiger partial charge < -0.3 is 9.80 Å². The minimum absolute atomic E-state index is 0.154. The van der Waals surface area contributed by atoms with Gasteiger partial charge in [0.2, 0.25) is 5.95 Å². The van der Waals surface area contributed by atoms with Crippen LogP contribution in [0.3, 0.4) is 0 Å². The maximum atomic E-state index is 11.2. The Bertz CT molecular complexity index is 687. The summed E-state index contributed by atoms with van der Waals surface area (Å²) in [4.78, 5) is 24.8. The molecule has 1 aliphatic rings. The van der Waals surface area contributed by atoms with E-state index in [1.807, 2.05) is 29.6 Å². The Morgan fingerprint density at radius 2 is 1.70 bits per heavy atom. The molecular formula is C15H17N5O2S. The summed E-state index contributed by atoms with van der Waals surface area (Å²) in [5.74, 6) is 0.713. The smallest absolute Gasteiger partial charge is 0.292 e. The van der Waals surface area contributed by atoms with Crippen molar-refractivity contribution in [1.29, 1.82) is 0 Å². The molecule has 0 N–H and O–H groups in total. The summed E-state index contributed by atoms with van der Waals surface area (Å²) in [7, 11) is 0. The van der Waals surface area contributed by atoms with Crippen LogP contribution in [-0.4, -0.2) is 47.3 Å². The van der Waals surface area contributed by atoms with Crippen molar-refractivity contribution in [1.82, 2.24) is 9.97 Å². The molecule has 1 aliphatic heterocycles. The minimum Gasteiger partial charge on any atom is -0.362 e. The van der Waals surface area contributed by atoms with Crippen molar-refractivity contribution in [2.24, 2.45) is 0 Å². The topological polar surface area (TPSA) is 75.4 Å². The number of aromatic nitrogens is 2.